The van der Waals surface area contributed by atoms with Gasteiger partial charge in [0.1, 0.15) is 5.75 Å². The molecule has 2 saturated carbocycles. The van der Waals surface area contributed by atoms with Gasteiger partial charge in [-0.05, 0) is 56.2 Å². The van der Waals surface area contributed by atoms with Crippen molar-refractivity contribution in [2.45, 2.75) is 50.9 Å². The summed E-state index contributed by atoms with van der Waals surface area (Å²) >= 11 is 0. The van der Waals surface area contributed by atoms with E-state index in [4.69, 9.17) is 15.2 Å². The molecule has 0 radical (unpaired) electrons. The van der Waals surface area contributed by atoms with Crippen LogP contribution in [0.1, 0.15) is 51.0 Å². The van der Waals surface area contributed by atoms with Crippen molar-refractivity contribution in [3.63, 3.8) is 0 Å². The van der Waals surface area contributed by atoms with Crippen molar-refractivity contribution in [2.75, 3.05) is 18.9 Å². The van der Waals surface area contributed by atoms with Gasteiger partial charge in [0.05, 0.1) is 24.3 Å². The van der Waals surface area contributed by atoms with Gasteiger partial charge in [-0.3, -0.25) is 4.79 Å². The molecule has 120 valence electrons. The van der Waals surface area contributed by atoms with Gasteiger partial charge in [0.15, 0.2) is 0 Å². The third kappa shape index (κ3) is 2.92. The maximum atomic E-state index is 12.5. The second-order valence-electron chi connectivity index (χ2n) is 6.52. The molecule has 0 atom stereocenters. The standard InChI is InChI=1S/C18H25NO3/c1-2-21-17(20)18(9-3-4-10-18)14-7-8-15(19)16(11-14)22-12-13-5-6-13/h7-8,11,13H,2-6,9-10,12,19H2,1H3. The lowest BCUT2D eigenvalue weighted by atomic mass is 9.78. The van der Waals surface area contributed by atoms with E-state index in [-0.39, 0.29) is 5.97 Å². The Hall–Kier alpha value is -1.71. The van der Waals surface area contributed by atoms with Crippen LogP contribution < -0.4 is 10.5 Å². The number of rotatable bonds is 6. The average molecular weight is 303 g/mol. The molecule has 2 fully saturated rings. The van der Waals surface area contributed by atoms with Gasteiger partial charge in [-0.1, -0.05) is 18.9 Å². The minimum Gasteiger partial charge on any atom is -0.491 e. The number of hydrogen-bond donors (Lipinski definition) is 1. The molecule has 1 aromatic rings. The summed E-state index contributed by atoms with van der Waals surface area (Å²) in [5.74, 6) is 1.28. The van der Waals surface area contributed by atoms with E-state index in [9.17, 15) is 4.79 Å². The van der Waals surface area contributed by atoms with Gasteiger partial charge >= 0.3 is 5.97 Å². The zero-order valence-electron chi connectivity index (χ0n) is 13.3. The van der Waals surface area contributed by atoms with Gasteiger partial charge in [-0.15, -0.1) is 0 Å². The highest BCUT2D eigenvalue weighted by Gasteiger charge is 2.44. The van der Waals surface area contributed by atoms with Gasteiger partial charge in [0.2, 0.25) is 0 Å². The van der Waals surface area contributed by atoms with Crippen molar-refractivity contribution >= 4 is 11.7 Å². The molecule has 0 spiro atoms. The highest BCUT2D eigenvalue weighted by atomic mass is 16.5. The van der Waals surface area contributed by atoms with E-state index in [1.807, 2.05) is 25.1 Å². The fraction of sp³-hybridized carbons (Fsp3) is 0.611. The van der Waals surface area contributed by atoms with E-state index >= 15 is 0 Å². The van der Waals surface area contributed by atoms with Crippen molar-refractivity contribution in [2.24, 2.45) is 5.92 Å². The zero-order valence-corrected chi connectivity index (χ0v) is 13.3. The van der Waals surface area contributed by atoms with Gasteiger partial charge in [0, 0.05) is 0 Å². The van der Waals surface area contributed by atoms with Crippen LogP contribution in [0, 0.1) is 5.92 Å². The van der Waals surface area contributed by atoms with E-state index in [1.54, 1.807) is 0 Å². The summed E-state index contributed by atoms with van der Waals surface area (Å²) < 4.78 is 11.2. The molecule has 0 unspecified atom stereocenters. The summed E-state index contributed by atoms with van der Waals surface area (Å²) in [7, 11) is 0. The van der Waals surface area contributed by atoms with Crippen LogP contribution in [-0.4, -0.2) is 19.2 Å². The third-order valence-corrected chi connectivity index (χ3v) is 4.86. The molecule has 0 aromatic heterocycles. The first-order valence-corrected chi connectivity index (χ1v) is 8.36. The minimum atomic E-state index is -0.512. The van der Waals surface area contributed by atoms with Crippen molar-refractivity contribution < 1.29 is 14.3 Å². The number of nitrogens with two attached hydrogens (primary N) is 1. The Kier molecular flexibility index (Phi) is 4.27. The second kappa shape index (κ2) is 6.19. The maximum absolute atomic E-state index is 12.5. The summed E-state index contributed by atoms with van der Waals surface area (Å²) in [4.78, 5) is 12.5. The second-order valence-corrected chi connectivity index (χ2v) is 6.52. The molecule has 22 heavy (non-hydrogen) atoms. The quantitative estimate of drug-likeness (QED) is 0.646. The van der Waals surface area contributed by atoms with E-state index in [2.05, 4.69) is 0 Å². The first kappa shape index (κ1) is 15.2. The van der Waals surface area contributed by atoms with Crippen LogP contribution in [0.4, 0.5) is 5.69 Å². The molecule has 2 aliphatic carbocycles. The summed E-state index contributed by atoms with van der Waals surface area (Å²) in [6.45, 7) is 2.99. The predicted octanol–water partition coefficient (Wildman–Crippen LogP) is 3.43. The van der Waals surface area contributed by atoms with Crippen LogP contribution in [0.2, 0.25) is 0 Å². The van der Waals surface area contributed by atoms with Gasteiger partial charge in [-0.25, -0.2) is 0 Å². The lowest BCUT2D eigenvalue weighted by Crippen LogP contribution is -2.34. The van der Waals surface area contributed by atoms with Gasteiger partial charge in [0.25, 0.3) is 0 Å². The maximum Gasteiger partial charge on any atom is 0.316 e. The highest BCUT2D eigenvalue weighted by molar-refractivity contribution is 5.84. The fourth-order valence-corrected chi connectivity index (χ4v) is 3.31. The van der Waals surface area contributed by atoms with Crippen LogP contribution >= 0.6 is 0 Å². The number of nitrogen functional groups attached to an aromatic ring is 1. The summed E-state index contributed by atoms with van der Waals surface area (Å²) in [6, 6.07) is 5.78. The van der Waals surface area contributed by atoms with E-state index < -0.39 is 5.41 Å². The molecule has 3 rings (SSSR count). The Morgan fingerprint density at radius 3 is 2.68 bits per heavy atom. The Balaban J connectivity index is 1.86. The third-order valence-electron chi connectivity index (χ3n) is 4.86. The molecule has 2 N–H and O–H groups in total. The number of hydrogen-bond acceptors (Lipinski definition) is 4. The van der Waals surface area contributed by atoms with Crippen LogP contribution in [-0.2, 0) is 14.9 Å². The zero-order chi connectivity index (χ0) is 15.6. The van der Waals surface area contributed by atoms with E-state index in [0.717, 1.165) is 37.9 Å². The summed E-state index contributed by atoms with van der Waals surface area (Å²) in [6.07, 6.45) is 6.29. The molecular weight excluding hydrogens is 278 g/mol. The molecule has 0 bridgehead atoms. The van der Waals surface area contributed by atoms with Crippen LogP contribution in [0.3, 0.4) is 0 Å². The molecule has 2 aliphatic rings. The monoisotopic (exact) mass is 303 g/mol. The van der Waals surface area contributed by atoms with Crippen molar-refractivity contribution in [3.05, 3.63) is 23.8 Å². The first-order chi connectivity index (χ1) is 10.7. The molecule has 0 aliphatic heterocycles. The molecule has 0 amide bonds. The Bertz CT molecular complexity index is 545. The van der Waals surface area contributed by atoms with Crippen LogP contribution in [0.5, 0.6) is 5.75 Å². The van der Waals surface area contributed by atoms with Crippen LogP contribution in [0.15, 0.2) is 18.2 Å². The average Bonchev–Trinajstić information content (AvgIpc) is 3.21. The lowest BCUT2D eigenvalue weighted by Gasteiger charge is -2.27. The van der Waals surface area contributed by atoms with Crippen LogP contribution in [0.25, 0.3) is 0 Å². The number of esters is 1. The molecule has 4 heteroatoms. The lowest BCUT2D eigenvalue weighted by molar-refractivity contribution is -0.150. The first-order valence-electron chi connectivity index (χ1n) is 8.36. The highest BCUT2D eigenvalue weighted by Crippen LogP contribution is 2.44. The normalized spacial score (nSPS) is 19.9. The molecular formula is C18H25NO3. The predicted molar refractivity (Wildman–Crippen MR) is 85.9 cm³/mol. The molecule has 1 aromatic carbocycles. The van der Waals surface area contributed by atoms with Crippen molar-refractivity contribution in [1.82, 2.24) is 0 Å². The number of anilines is 1. The summed E-state index contributed by atoms with van der Waals surface area (Å²) in [5.41, 5.74) is 7.15. The van der Waals surface area contributed by atoms with Gasteiger partial charge in [-0.2, -0.15) is 0 Å². The van der Waals surface area contributed by atoms with Crippen molar-refractivity contribution in [1.29, 1.82) is 0 Å². The molecule has 0 saturated heterocycles. The smallest absolute Gasteiger partial charge is 0.316 e. The fourth-order valence-electron chi connectivity index (χ4n) is 3.31. The summed E-state index contributed by atoms with van der Waals surface area (Å²) in [5, 5.41) is 0. The number of benzene rings is 1. The molecule has 0 heterocycles. The number of carbonyl (C=O) groups is 1. The van der Waals surface area contributed by atoms with E-state index in [1.165, 1.54) is 12.8 Å². The largest absolute Gasteiger partial charge is 0.491 e. The van der Waals surface area contributed by atoms with Crippen molar-refractivity contribution in [3.8, 4) is 5.75 Å². The SMILES string of the molecule is CCOC(=O)C1(c2ccc(N)c(OCC3CC3)c2)CCCC1. The Labute approximate surface area is 132 Å². The Morgan fingerprint density at radius 2 is 2.05 bits per heavy atom. The molecule has 4 nitrogen and oxygen atoms in total. The van der Waals surface area contributed by atoms with E-state index in [0.29, 0.717) is 24.0 Å². The Morgan fingerprint density at radius 1 is 1.32 bits per heavy atom. The van der Waals surface area contributed by atoms with Gasteiger partial charge < -0.3 is 15.2 Å². The minimum absolute atomic E-state index is 0.106. The number of ether oxygens (including phenoxy) is 2. The number of carbonyl (C=O) groups excluding carboxylic acids is 1. The topological polar surface area (TPSA) is 61.5 Å².